The first-order valence-corrected chi connectivity index (χ1v) is 9.04. The van der Waals surface area contributed by atoms with Crippen molar-refractivity contribution in [2.75, 3.05) is 5.32 Å². The molecule has 2 heterocycles. The Bertz CT molecular complexity index is 1020. The van der Waals surface area contributed by atoms with E-state index in [1.807, 2.05) is 49.4 Å². The van der Waals surface area contributed by atoms with Gasteiger partial charge in [-0.25, -0.2) is 0 Å². The molecule has 0 bridgehead atoms. The van der Waals surface area contributed by atoms with Crippen molar-refractivity contribution >= 4 is 22.5 Å². The molecule has 0 unspecified atom stereocenters. The Morgan fingerprint density at radius 2 is 1.85 bits per heavy atom. The Balaban J connectivity index is 1.42. The topological polar surface area (TPSA) is 63.4 Å². The Morgan fingerprint density at radius 1 is 1.08 bits per heavy atom. The summed E-state index contributed by atoms with van der Waals surface area (Å²) in [7, 11) is 0. The molecule has 5 rings (SSSR count). The van der Waals surface area contributed by atoms with Gasteiger partial charge in [-0.3, -0.25) is 4.79 Å². The molecule has 1 fully saturated rings. The first-order chi connectivity index (χ1) is 12.6. The lowest BCUT2D eigenvalue weighted by Gasteiger charge is -2.21. The monoisotopic (exact) mass is 348 g/mol. The number of anilines is 1. The van der Waals surface area contributed by atoms with Gasteiger partial charge >= 0.3 is 0 Å². The van der Waals surface area contributed by atoms with E-state index in [9.17, 15) is 4.79 Å². The van der Waals surface area contributed by atoms with Crippen LogP contribution >= 0.6 is 0 Å². The number of benzene rings is 2. The lowest BCUT2D eigenvalue weighted by atomic mass is 10.1. The van der Waals surface area contributed by atoms with E-state index >= 15 is 0 Å². The van der Waals surface area contributed by atoms with Crippen LogP contribution in [0.4, 0.5) is 5.69 Å². The predicted molar refractivity (Wildman–Crippen MR) is 99.9 cm³/mol. The van der Waals surface area contributed by atoms with E-state index in [2.05, 4.69) is 10.3 Å². The maximum atomic E-state index is 12.9. The van der Waals surface area contributed by atoms with E-state index in [1.54, 1.807) is 0 Å². The van der Waals surface area contributed by atoms with Gasteiger partial charge in [0.1, 0.15) is 0 Å². The highest BCUT2D eigenvalue weighted by atomic mass is 16.7. The molecule has 1 amide bonds. The van der Waals surface area contributed by atoms with Gasteiger partial charge in [0, 0.05) is 41.2 Å². The van der Waals surface area contributed by atoms with Gasteiger partial charge in [0.15, 0.2) is 11.5 Å². The van der Waals surface area contributed by atoms with Crippen LogP contribution in [0.2, 0.25) is 0 Å². The van der Waals surface area contributed by atoms with Crippen LogP contribution in [0.3, 0.4) is 0 Å². The minimum absolute atomic E-state index is 0.130. The summed E-state index contributed by atoms with van der Waals surface area (Å²) < 4.78 is 12.1. The molecule has 0 saturated heterocycles. The van der Waals surface area contributed by atoms with Crippen molar-refractivity contribution in [3.05, 3.63) is 53.7 Å². The van der Waals surface area contributed by atoms with Gasteiger partial charge in [0.05, 0.1) is 5.56 Å². The molecule has 5 heteroatoms. The van der Waals surface area contributed by atoms with Gasteiger partial charge in [0.2, 0.25) is 0 Å². The summed E-state index contributed by atoms with van der Waals surface area (Å²) >= 11 is 0. The number of carbonyl (C=O) groups excluding carboxylic acids is 1. The zero-order valence-electron chi connectivity index (χ0n) is 14.6. The highest BCUT2D eigenvalue weighted by molar-refractivity contribution is 6.14. The molecule has 2 aromatic carbocycles. The summed E-state index contributed by atoms with van der Waals surface area (Å²) in [4.78, 5) is 16.1. The number of hydrogen-bond acceptors (Lipinski definition) is 3. The van der Waals surface area contributed by atoms with E-state index in [1.165, 1.54) is 0 Å². The molecule has 3 aromatic rings. The molecule has 2 N–H and O–H groups in total. The van der Waals surface area contributed by atoms with Crippen molar-refractivity contribution in [2.45, 2.75) is 38.4 Å². The Morgan fingerprint density at radius 3 is 2.69 bits per heavy atom. The number of carbonyl (C=O) groups is 1. The third kappa shape index (κ3) is 2.35. The summed E-state index contributed by atoms with van der Waals surface area (Å²) in [5.74, 6) is 0.848. The van der Waals surface area contributed by atoms with Gasteiger partial charge in [-0.15, -0.1) is 0 Å². The number of aromatic nitrogens is 1. The Labute approximate surface area is 151 Å². The van der Waals surface area contributed by atoms with Crippen molar-refractivity contribution in [3.8, 4) is 11.5 Å². The van der Waals surface area contributed by atoms with E-state index in [0.29, 0.717) is 17.0 Å². The zero-order valence-corrected chi connectivity index (χ0v) is 14.6. The lowest BCUT2D eigenvalue weighted by Crippen LogP contribution is -2.34. The lowest BCUT2D eigenvalue weighted by molar-refractivity contribution is -0.0716. The highest BCUT2D eigenvalue weighted by Gasteiger charge is 2.44. The van der Waals surface area contributed by atoms with E-state index in [-0.39, 0.29) is 5.91 Å². The van der Waals surface area contributed by atoms with Crippen LogP contribution in [0, 0.1) is 6.92 Å². The van der Waals surface area contributed by atoms with Gasteiger partial charge in [-0.2, -0.15) is 0 Å². The summed E-state index contributed by atoms with van der Waals surface area (Å²) in [6.45, 7) is 1.92. The van der Waals surface area contributed by atoms with Crippen molar-refractivity contribution in [3.63, 3.8) is 0 Å². The van der Waals surface area contributed by atoms with Gasteiger partial charge in [-0.1, -0.05) is 18.2 Å². The average molecular weight is 348 g/mol. The first-order valence-electron chi connectivity index (χ1n) is 9.04. The molecular formula is C21H20N2O3. The smallest absolute Gasteiger partial charge is 0.258 e. The highest BCUT2D eigenvalue weighted by Crippen LogP contribution is 2.47. The molecule has 1 saturated carbocycles. The summed E-state index contributed by atoms with van der Waals surface area (Å²) in [6.07, 6.45) is 4.07. The van der Waals surface area contributed by atoms with Gasteiger partial charge in [-0.05, 0) is 38.0 Å². The number of aryl methyl sites for hydroxylation is 1. The van der Waals surface area contributed by atoms with Crippen LogP contribution in [0.1, 0.15) is 41.7 Å². The second-order valence-corrected chi connectivity index (χ2v) is 7.11. The van der Waals surface area contributed by atoms with Crippen molar-refractivity contribution in [1.82, 2.24) is 4.98 Å². The number of fused-ring (bicyclic) bond motifs is 2. The van der Waals surface area contributed by atoms with E-state index in [0.717, 1.165) is 48.0 Å². The minimum atomic E-state index is -0.488. The van der Waals surface area contributed by atoms with E-state index in [4.69, 9.17) is 9.47 Å². The third-order valence-electron chi connectivity index (χ3n) is 5.28. The van der Waals surface area contributed by atoms with Crippen molar-refractivity contribution in [1.29, 1.82) is 0 Å². The standard InChI is InChI=1S/C21H20N2O3/c1-13-19(15-6-2-3-7-16(15)22-13)20(24)23-14-8-9-17-18(12-14)26-21(25-17)10-4-5-11-21/h2-3,6-9,12,22H,4-5,10-11H2,1H3,(H,23,24). The van der Waals surface area contributed by atoms with Crippen molar-refractivity contribution in [2.24, 2.45) is 0 Å². The van der Waals surface area contributed by atoms with Gasteiger partial charge in [0.25, 0.3) is 11.7 Å². The summed E-state index contributed by atoms with van der Waals surface area (Å²) in [5, 5.41) is 3.92. The Hall–Kier alpha value is -2.95. The van der Waals surface area contributed by atoms with Crippen LogP contribution in [0.15, 0.2) is 42.5 Å². The number of rotatable bonds is 2. The number of amides is 1. The fraction of sp³-hybridized carbons (Fsp3) is 0.286. The molecule has 2 aliphatic rings. The largest absolute Gasteiger partial charge is 0.448 e. The number of H-pyrrole nitrogens is 1. The number of ether oxygens (including phenoxy) is 2. The van der Waals surface area contributed by atoms with Crippen LogP contribution in [0.25, 0.3) is 10.9 Å². The zero-order chi connectivity index (χ0) is 17.7. The summed E-state index contributed by atoms with van der Waals surface area (Å²) in [6, 6.07) is 13.4. The predicted octanol–water partition coefficient (Wildman–Crippen LogP) is 4.77. The normalized spacial score (nSPS) is 17.1. The van der Waals surface area contributed by atoms with E-state index < -0.39 is 5.79 Å². The molecule has 5 nitrogen and oxygen atoms in total. The van der Waals surface area contributed by atoms with Gasteiger partial charge < -0.3 is 19.8 Å². The SMILES string of the molecule is Cc1[nH]c2ccccc2c1C(=O)Nc1ccc2c(c1)OC1(CCCC1)O2. The molecule has 1 aliphatic heterocycles. The second kappa shape index (κ2) is 5.53. The maximum Gasteiger partial charge on any atom is 0.258 e. The molecule has 26 heavy (non-hydrogen) atoms. The molecule has 0 radical (unpaired) electrons. The third-order valence-corrected chi connectivity index (χ3v) is 5.28. The van der Waals surface area contributed by atoms with Crippen molar-refractivity contribution < 1.29 is 14.3 Å². The molecule has 1 aromatic heterocycles. The average Bonchev–Trinajstić information content (AvgIpc) is 3.30. The molecule has 1 aliphatic carbocycles. The minimum Gasteiger partial charge on any atom is -0.448 e. The quantitative estimate of drug-likeness (QED) is 0.701. The van der Waals surface area contributed by atoms with Crippen LogP contribution in [-0.2, 0) is 0 Å². The van der Waals surface area contributed by atoms with Crippen LogP contribution in [0.5, 0.6) is 11.5 Å². The first kappa shape index (κ1) is 15.3. The van der Waals surface area contributed by atoms with Crippen LogP contribution < -0.4 is 14.8 Å². The Kier molecular flexibility index (Phi) is 3.26. The number of aromatic amines is 1. The fourth-order valence-electron chi connectivity index (χ4n) is 4.05. The molecule has 1 spiro atoms. The number of hydrogen-bond donors (Lipinski definition) is 2. The van der Waals surface area contributed by atoms with Crippen LogP contribution in [-0.4, -0.2) is 16.7 Å². The second-order valence-electron chi connectivity index (χ2n) is 7.11. The summed E-state index contributed by atoms with van der Waals surface area (Å²) in [5.41, 5.74) is 3.20. The maximum absolute atomic E-state index is 12.9. The number of nitrogens with one attached hydrogen (secondary N) is 2. The molecular weight excluding hydrogens is 328 g/mol. The molecule has 132 valence electrons. The fourth-order valence-corrected chi connectivity index (χ4v) is 4.05. The molecule has 0 atom stereocenters. The number of para-hydroxylation sites is 1.